The van der Waals surface area contributed by atoms with Crippen LogP contribution in [0.15, 0.2) is 16.5 Å². The van der Waals surface area contributed by atoms with E-state index in [0.717, 1.165) is 44.4 Å². The molecule has 0 aromatic heterocycles. The lowest BCUT2D eigenvalue weighted by molar-refractivity contribution is 0.119. The van der Waals surface area contributed by atoms with E-state index in [1.54, 1.807) is 0 Å². The molecule has 2 unspecified atom stereocenters. The molecule has 0 bridgehead atoms. The number of hydrogen-bond donors (Lipinski definition) is 5. The summed E-state index contributed by atoms with van der Waals surface area (Å²) in [6.07, 6.45) is 10.1. The average molecular weight is 330 g/mol. The minimum atomic E-state index is 0.0451. The van der Waals surface area contributed by atoms with Crippen LogP contribution in [0.1, 0.15) is 32.1 Å². The summed E-state index contributed by atoms with van der Waals surface area (Å²) in [5.74, 6) is 3.71. The largest absolute Gasteiger partial charge is 0.399 e. The molecule has 5 atom stereocenters. The molecule has 6 heteroatoms. The number of hydrogen-bond acceptors (Lipinski definition) is 6. The Morgan fingerprint density at radius 2 is 2.17 bits per heavy atom. The number of nitrogens with zero attached hydrogens (tertiary/aromatic N) is 1. The number of allylic oxidation sites excluding steroid dienone is 1. The van der Waals surface area contributed by atoms with Crippen molar-refractivity contribution in [3.63, 3.8) is 0 Å². The zero-order chi connectivity index (χ0) is 17.7. The van der Waals surface area contributed by atoms with Gasteiger partial charge in [0.25, 0.3) is 0 Å². The van der Waals surface area contributed by atoms with Gasteiger partial charge in [0.15, 0.2) is 0 Å². The van der Waals surface area contributed by atoms with Crippen LogP contribution in [0.5, 0.6) is 0 Å². The molecule has 24 heavy (non-hydrogen) atoms. The molecule has 0 amide bonds. The van der Waals surface area contributed by atoms with Gasteiger partial charge in [0, 0.05) is 30.1 Å². The van der Waals surface area contributed by atoms with Crippen LogP contribution in [0.3, 0.4) is 0 Å². The maximum Gasteiger partial charge on any atom is 0.113 e. The van der Waals surface area contributed by atoms with E-state index in [-0.39, 0.29) is 17.7 Å². The van der Waals surface area contributed by atoms with Crippen LogP contribution >= 0.6 is 0 Å². The maximum absolute atomic E-state index is 8.45. The summed E-state index contributed by atoms with van der Waals surface area (Å²) in [5, 5.41) is 11.9. The molecule has 0 heterocycles. The van der Waals surface area contributed by atoms with E-state index in [0.29, 0.717) is 30.1 Å². The summed E-state index contributed by atoms with van der Waals surface area (Å²) in [6, 6.07) is 0.318. The zero-order valence-corrected chi connectivity index (χ0v) is 14.3. The van der Waals surface area contributed by atoms with Gasteiger partial charge in [0.2, 0.25) is 0 Å². The van der Waals surface area contributed by atoms with Crippen LogP contribution in [0.2, 0.25) is 0 Å². The smallest absolute Gasteiger partial charge is 0.113 e. The van der Waals surface area contributed by atoms with E-state index in [1.165, 1.54) is 0 Å². The highest BCUT2D eigenvalue weighted by atomic mass is 14.9. The average Bonchev–Trinajstić information content (AvgIpc) is 2.94. The highest BCUT2D eigenvalue weighted by molar-refractivity contribution is 5.87. The lowest BCUT2D eigenvalue weighted by atomic mass is 9.63. The van der Waals surface area contributed by atoms with Gasteiger partial charge in [-0.1, -0.05) is 5.92 Å². The number of terminal acetylenes is 1. The number of nitrogens with two attached hydrogens (primary N) is 3. The molecular formula is C18H30N6. The van der Waals surface area contributed by atoms with Crippen LogP contribution in [0.4, 0.5) is 0 Å². The molecule has 2 saturated carbocycles. The zero-order valence-electron chi connectivity index (χ0n) is 14.3. The Labute approximate surface area is 144 Å². The lowest BCUT2D eigenvalue weighted by Crippen LogP contribution is -2.51. The Morgan fingerprint density at radius 3 is 2.79 bits per heavy atom. The molecule has 2 fully saturated rings. The van der Waals surface area contributed by atoms with Crippen molar-refractivity contribution in [2.45, 2.75) is 38.1 Å². The van der Waals surface area contributed by atoms with Gasteiger partial charge in [0.1, 0.15) is 5.82 Å². The molecule has 6 nitrogen and oxygen atoms in total. The fourth-order valence-electron chi connectivity index (χ4n) is 4.63. The number of aliphatic imine (C=N–C) groups is 1. The van der Waals surface area contributed by atoms with Crippen molar-refractivity contribution >= 4 is 12.4 Å². The summed E-state index contributed by atoms with van der Waals surface area (Å²) in [6.45, 7) is 4.84. The molecule has 2 aliphatic rings. The van der Waals surface area contributed by atoms with Gasteiger partial charge in [-0.2, -0.15) is 0 Å². The molecule has 0 aromatic carbocycles. The van der Waals surface area contributed by atoms with Crippen LogP contribution in [0, 0.1) is 41.4 Å². The van der Waals surface area contributed by atoms with Crippen molar-refractivity contribution < 1.29 is 0 Å². The number of fused-ring (bicyclic) bond motifs is 1. The maximum atomic E-state index is 8.45. The third-order valence-corrected chi connectivity index (χ3v) is 5.63. The summed E-state index contributed by atoms with van der Waals surface area (Å²) < 4.78 is 0. The van der Waals surface area contributed by atoms with Gasteiger partial charge in [-0.25, -0.2) is 0 Å². The SMILES string of the molecule is C#CCN[C@@H]1CC(CCCN=C)[C@@H](C(N)=C(N)N)C2C(=N)CC[C@@H]21. The third kappa shape index (κ3) is 3.73. The fraction of sp³-hybridized carbons (Fsp3) is 0.667. The van der Waals surface area contributed by atoms with Crippen molar-refractivity contribution in [2.75, 3.05) is 13.1 Å². The van der Waals surface area contributed by atoms with E-state index >= 15 is 0 Å². The quantitative estimate of drug-likeness (QED) is 0.269. The van der Waals surface area contributed by atoms with Crippen molar-refractivity contribution in [1.82, 2.24) is 5.32 Å². The summed E-state index contributed by atoms with van der Waals surface area (Å²) >= 11 is 0. The van der Waals surface area contributed by atoms with E-state index in [4.69, 9.17) is 29.0 Å². The Hall–Kier alpha value is -2.00. The summed E-state index contributed by atoms with van der Waals surface area (Å²) in [4.78, 5) is 3.95. The molecule has 0 radical (unpaired) electrons. The van der Waals surface area contributed by atoms with Crippen molar-refractivity contribution in [3.8, 4) is 12.3 Å². The predicted molar refractivity (Wildman–Crippen MR) is 99.4 cm³/mol. The number of nitrogens with one attached hydrogen (secondary N) is 2. The van der Waals surface area contributed by atoms with Crippen LogP contribution in [-0.4, -0.2) is 31.6 Å². The van der Waals surface area contributed by atoms with Gasteiger partial charge in [-0.15, -0.1) is 6.42 Å². The van der Waals surface area contributed by atoms with Crippen LogP contribution in [0.25, 0.3) is 0 Å². The highest BCUT2D eigenvalue weighted by Gasteiger charge is 2.49. The second kappa shape index (κ2) is 8.20. The van der Waals surface area contributed by atoms with Gasteiger partial charge < -0.3 is 32.9 Å². The molecule has 0 saturated heterocycles. The second-order valence-electron chi connectivity index (χ2n) is 6.97. The first-order valence-electron chi connectivity index (χ1n) is 8.68. The Morgan fingerprint density at radius 1 is 1.42 bits per heavy atom. The molecule has 2 rings (SSSR count). The Kier molecular flexibility index (Phi) is 6.27. The first kappa shape index (κ1) is 18.3. The van der Waals surface area contributed by atoms with Gasteiger partial charge in [-0.05, 0) is 50.7 Å². The normalized spacial score (nSPS) is 32.0. The van der Waals surface area contributed by atoms with Crippen molar-refractivity contribution in [3.05, 3.63) is 11.5 Å². The summed E-state index contributed by atoms with van der Waals surface area (Å²) in [5.41, 5.74) is 19.3. The molecular weight excluding hydrogens is 300 g/mol. The molecule has 0 aliphatic heterocycles. The number of rotatable bonds is 7. The predicted octanol–water partition coefficient (Wildman–Crippen LogP) is 0.786. The Bertz CT molecular complexity index is 542. The fourth-order valence-corrected chi connectivity index (χ4v) is 4.63. The first-order valence-corrected chi connectivity index (χ1v) is 8.68. The van der Waals surface area contributed by atoms with Gasteiger partial charge >= 0.3 is 0 Å². The van der Waals surface area contributed by atoms with Crippen molar-refractivity contribution in [2.24, 2.45) is 45.9 Å². The second-order valence-corrected chi connectivity index (χ2v) is 6.97. The monoisotopic (exact) mass is 330 g/mol. The van der Waals surface area contributed by atoms with E-state index in [9.17, 15) is 0 Å². The first-order chi connectivity index (χ1) is 11.5. The third-order valence-electron chi connectivity index (χ3n) is 5.63. The highest BCUT2D eigenvalue weighted by Crippen LogP contribution is 2.49. The van der Waals surface area contributed by atoms with Crippen molar-refractivity contribution in [1.29, 1.82) is 5.41 Å². The van der Waals surface area contributed by atoms with Gasteiger partial charge in [0.05, 0.1) is 12.2 Å². The lowest BCUT2D eigenvalue weighted by Gasteiger charge is -2.45. The molecule has 0 aromatic rings. The van der Waals surface area contributed by atoms with E-state index in [2.05, 4.69) is 22.9 Å². The minimum Gasteiger partial charge on any atom is -0.399 e. The standard InChI is InChI=1S/C18H30N6/c1-3-8-24-14-10-11(5-4-9-23-2)15(17(20)18(21)22)16-12(14)6-7-13(16)19/h1,11-12,14-16,19,24H,2,4-10,20-22H2/t11?,12-,14-,15-,16?/m1/s1. The molecule has 8 N–H and O–H groups in total. The molecule has 132 valence electrons. The Balaban J connectivity index is 2.29. The molecule has 2 aliphatic carbocycles. The van der Waals surface area contributed by atoms with Gasteiger partial charge in [-0.3, -0.25) is 0 Å². The van der Waals surface area contributed by atoms with E-state index in [1.807, 2.05) is 0 Å². The molecule has 0 spiro atoms. The van der Waals surface area contributed by atoms with E-state index < -0.39 is 0 Å². The van der Waals surface area contributed by atoms with Crippen LogP contribution in [-0.2, 0) is 0 Å². The van der Waals surface area contributed by atoms with Crippen LogP contribution < -0.4 is 22.5 Å². The topological polar surface area (TPSA) is 126 Å². The minimum absolute atomic E-state index is 0.0451. The summed E-state index contributed by atoms with van der Waals surface area (Å²) in [7, 11) is 0.